The maximum Gasteiger partial charge on any atom is 0.251 e. The summed E-state index contributed by atoms with van der Waals surface area (Å²) in [5, 5.41) is 2.34. The van der Waals surface area contributed by atoms with Gasteiger partial charge in [0.25, 0.3) is 5.56 Å². The number of aromatic nitrogens is 1. The van der Waals surface area contributed by atoms with E-state index in [1.54, 1.807) is 22.8 Å². The Morgan fingerprint density at radius 3 is 2.39 bits per heavy atom. The minimum absolute atomic E-state index is 0.0867. The highest BCUT2D eigenvalue weighted by Gasteiger charge is 2.14. The molecule has 0 saturated carbocycles. The van der Waals surface area contributed by atoms with Gasteiger partial charge in [0.1, 0.15) is 0 Å². The highest BCUT2D eigenvalue weighted by atomic mass is 35.5. The number of para-hydroxylation sites is 1. The smallest absolute Gasteiger partial charge is 0.251 e. The summed E-state index contributed by atoms with van der Waals surface area (Å²) in [6, 6.07) is 11.0. The zero-order valence-electron chi connectivity index (χ0n) is 12.7. The van der Waals surface area contributed by atoms with Crippen molar-refractivity contribution in [3.63, 3.8) is 0 Å². The SMILES string of the molecule is Cc1cc(=O)n(Cc2c(Cl)ccc(Cl)c2Cl)c2c(C)cccc12. The summed E-state index contributed by atoms with van der Waals surface area (Å²) in [5.74, 6) is 0. The minimum atomic E-state index is -0.0867. The van der Waals surface area contributed by atoms with Crippen molar-refractivity contribution in [1.82, 2.24) is 4.57 Å². The monoisotopic (exact) mass is 365 g/mol. The van der Waals surface area contributed by atoms with Crippen molar-refractivity contribution in [2.45, 2.75) is 20.4 Å². The molecule has 23 heavy (non-hydrogen) atoms. The fourth-order valence-corrected chi connectivity index (χ4v) is 3.48. The summed E-state index contributed by atoms with van der Waals surface area (Å²) in [7, 11) is 0. The summed E-state index contributed by atoms with van der Waals surface area (Å²) < 4.78 is 1.70. The first-order valence-corrected chi connectivity index (χ1v) is 8.25. The molecular weight excluding hydrogens is 353 g/mol. The van der Waals surface area contributed by atoms with Crippen LogP contribution in [0, 0.1) is 13.8 Å². The van der Waals surface area contributed by atoms with Crippen LogP contribution >= 0.6 is 34.8 Å². The molecule has 3 aromatic rings. The van der Waals surface area contributed by atoms with E-state index in [-0.39, 0.29) is 12.1 Å². The molecule has 1 heterocycles. The van der Waals surface area contributed by atoms with Crippen LogP contribution in [0.5, 0.6) is 0 Å². The number of benzene rings is 2. The Kier molecular flexibility index (Phi) is 4.41. The molecule has 0 unspecified atom stereocenters. The van der Waals surface area contributed by atoms with Gasteiger partial charge in [-0.2, -0.15) is 0 Å². The molecule has 0 saturated heterocycles. The van der Waals surface area contributed by atoms with Gasteiger partial charge in [-0.15, -0.1) is 0 Å². The second-order valence-electron chi connectivity index (χ2n) is 5.54. The molecule has 0 fully saturated rings. The first-order chi connectivity index (χ1) is 10.9. The zero-order chi connectivity index (χ0) is 16.7. The summed E-state index contributed by atoms with van der Waals surface area (Å²) >= 11 is 18.6. The normalized spacial score (nSPS) is 11.2. The Balaban J connectivity index is 2.31. The number of hydrogen-bond acceptors (Lipinski definition) is 1. The molecule has 0 aliphatic heterocycles. The van der Waals surface area contributed by atoms with Crippen LogP contribution in [0.25, 0.3) is 10.9 Å². The largest absolute Gasteiger partial charge is 0.303 e. The maximum atomic E-state index is 12.6. The maximum absolute atomic E-state index is 12.6. The van der Waals surface area contributed by atoms with Gasteiger partial charge >= 0.3 is 0 Å². The minimum Gasteiger partial charge on any atom is -0.303 e. The molecule has 5 heteroatoms. The molecule has 118 valence electrons. The molecular formula is C18H14Cl3NO. The van der Waals surface area contributed by atoms with Gasteiger partial charge in [-0.25, -0.2) is 0 Å². The van der Waals surface area contributed by atoms with Gasteiger partial charge in [-0.05, 0) is 37.1 Å². The van der Waals surface area contributed by atoms with Crippen LogP contribution < -0.4 is 5.56 Å². The van der Waals surface area contributed by atoms with E-state index >= 15 is 0 Å². The molecule has 0 aliphatic carbocycles. The molecule has 1 aromatic heterocycles. The van der Waals surface area contributed by atoms with Crippen LogP contribution in [0.1, 0.15) is 16.7 Å². The lowest BCUT2D eigenvalue weighted by Crippen LogP contribution is -2.22. The van der Waals surface area contributed by atoms with Crippen molar-refractivity contribution in [2.75, 3.05) is 0 Å². The third-order valence-corrected chi connectivity index (χ3v) is 5.19. The quantitative estimate of drug-likeness (QED) is 0.539. The Labute approximate surface area is 149 Å². The fraction of sp³-hybridized carbons (Fsp3) is 0.167. The highest BCUT2D eigenvalue weighted by molar-refractivity contribution is 6.44. The van der Waals surface area contributed by atoms with E-state index < -0.39 is 0 Å². The molecule has 3 rings (SSSR count). The third-order valence-electron chi connectivity index (χ3n) is 3.99. The van der Waals surface area contributed by atoms with Crippen LogP contribution in [0.3, 0.4) is 0 Å². The zero-order valence-corrected chi connectivity index (χ0v) is 14.9. The molecule has 0 aliphatic rings. The first kappa shape index (κ1) is 16.4. The van der Waals surface area contributed by atoms with E-state index in [4.69, 9.17) is 34.8 Å². The molecule has 0 atom stereocenters. The lowest BCUT2D eigenvalue weighted by Gasteiger charge is -2.16. The number of fused-ring (bicyclic) bond motifs is 1. The number of halogens is 3. The Morgan fingerprint density at radius 2 is 1.65 bits per heavy atom. The fourth-order valence-electron chi connectivity index (χ4n) is 2.82. The van der Waals surface area contributed by atoms with Gasteiger partial charge in [0.05, 0.1) is 22.1 Å². The summed E-state index contributed by atoms with van der Waals surface area (Å²) in [6.07, 6.45) is 0. The van der Waals surface area contributed by atoms with Crippen molar-refractivity contribution in [1.29, 1.82) is 0 Å². The van der Waals surface area contributed by atoms with Crippen molar-refractivity contribution >= 4 is 45.7 Å². The Bertz CT molecular complexity index is 976. The van der Waals surface area contributed by atoms with Gasteiger partial charge in [-0.1, -0.05) is 53.0 Å². The highest BCUT2D eigenvalue weighted by Crippen LogP contribution is 2.32. The van der Waals surface area contributed by atoms with Gasteiger partial charge in [-0.3, -0.25) is 4.79 Å². The van der Waals surface area contributed by atoms with E-state index in [0.29, 0.717) is 20.6 Å². The van der Waals surface area contributed by atoms with Crippen molar-refractivity contribution < 1.29 is 0 Å². The number of nitrogens with zero attached hydrogens (tertiary/aromatic N) is 1. The second-order valence-corrected chi connectivity index (χ2v) is 6.74. The topological polar surface area (TPSA) is 22.0 Å². The van der Waals surface area contributed by atoms with Gasteiger partial charge in [0, 0.05) is 22.0 Å². The average Bonchev–Trinajstić information content (AvgIpc) is 2.51. The van der Waals surface area contributed by atoms with E-state index in [2.05, 4.69) is 0 Å². The molecule has 0 bridgehead atoms. The lowest BCUT2D eigenvalue weighted by atomic mass is 10.1. The van der Waals surface area contributed by atoms with E-state index in [9.17, 15) is 4.79 Å². The number of aryl methyl sites for hydroxylation is 2. The molecule has 0 N–H and O–H groups in total. The molecule has 0 amide bonds. The number of rotatable bonds is 2. The van der Waals surface area contributed by atoms with E-state index in [1.165, 1.54) is 0 Å². The lowest BCUT2D eigenvalue weighted by molar-refractivity contribution is 0.791. The number of pyridine rings is 1. The van der Waals surface area contributed by atoms with E-state index in [0.717, 1.165) is 22.0 Å². The third kappa shape index (κ3) is 2.87. The van der Waals surface area contributed by atoms with Crippen LogP contribution in [0.15, 0.2) is 41.2 Å². The van der Waals surface area contributed by atoms with Crippen LogP contribution in [0.2, 0.25) is 15.1 Å². The number of hydrogen-bond donors (Lipinski definition) is 0. The first-order valence-electron chi connectivity index (χ1n) is 7.12. The Hall–Kier alpha value is -1.48. The molecule has 0 radical (unpaired) electrons. The predicted molar refractivity (Wildman–Crippen MR) is 98.3 cm³/mol. The van der Waals surface area contributed by atoms with Gasteiger partial charge < -0.3 is 4.57 Å². The molecule has 2 aromatic carbocycles. The average molecular weight is 367 g/mol. The molecule has 2 nitrogen and oxygen atoms in total. The molecule has 0 spiro atoms. The summed E-state index contributed by atoms with van der Waals surface area (Å²) in [6.45, 7) is 4.20. The van der Waals surface area contributed by atoms with Crippen molar-refractivity contribution in [2.24, 2.45) is 0 Å². The van der Waals surface area contributed by atoms with Crippen LogP contribution in [-0.2, 0) is 6.54 Å². The Morgan fingerprint density at radius 1 is 0.957 bits per heavy atom. The van der Waals surface area contributed by atoms with E-state index in [1.807, 2.05) is 32.0 Å². The summed E-state index contributed by atoms with van der Waals surface area (Å²) in [4.78, 5) is 12.6. The second kappa shape index (κ2) is 6.20. The van der Waals surface area contributed by atoms with Gasteiger partial charge in [0.2, 0.25) is 0 Å². The summed E-state index contributed by atoms with van der Waals surface area (Å²) in [5.41, 5.74) is 3.43. The van der Waals surface area contributed by atoms with Crippen molar-refractivity contribution in [3.05, 3.63) is 78.5 Å². The van der Waals surface area contributed by atoms with Crippen LogP contribution in [-0.4, -0.2) is 4.57 Å². The van der Waals surface area contributed by atoms with Crippen molar-refractivity contribution in [3.8, 4) is 0 Å². The predicted octanol–water partition coefficient (Wildman–Crippen LogP) is 5.63. The standard InChI is InChI=1S/C18H14Cl3NO/c1-10-4-3-5-12-11(2)8-16(23)22(18(10)12)9-13-14(19)6-7-15(20)17(13)21/h3-8H,9H2,1-2H3. The van der Waals surface area contributed by atoms with Gasteiger partial charge in [0.15, 0.2) is 0 Å². The van der Waals surface area contributed by atoms with Crippen LogP contribution in [0.4, 0.5) is 0 Å².